The van der Waals surface area contributed by atoms with Gasteiger partial charge in [0.1, 0.15) is 0 Å². The number of carbonyl (C=O) groups is 1. The molecule has 0 aromatic heterocycles. The molecule has 0 saturated carbocycles. The molecule has 0 aromatic rings. The van der Waals surface area contributed by atoms with Gasteiger partial charge in [0.25, 0.3) is 0 Å². The molecule has 0 bridgehead atoms. The van der Waals surface area contributed by atoms with Gasteiger partial charge in [0.05, 0.1) is 26.8 Å². The minimum atomic E-state index is -0.329. The van der Waals surface area contributed by atoms with Crippen molar-refractivity contribution in [3.05, 3.63) is 12.1 Å². The predicted octanol–water partition coefficient (Wildman–Crippen LogP) is 1.16. The Morgan fingerprint density at radius 3 is 2.50 bits per heavy atom. The third-order valence-electron chi connectivity index (χ3n) is 1.39. The van der Waals surface area contributed by atoms with E-state index in [1.807, 2.05) is 0 Å². The zero-order chi connectivity index (χ0) is 11.0. The van der Waals surface area contributed by atoms with Crippen molar-refractivity contribution in [2.45, 2.75) is 13.3 Å². The normalized spacial score (nSPS) is 12.2. The van der Waals surface area contributed by atoms with Gasteiger partial charge in [-0.2, -0.15) is 0 Å². The van der Waals surface area contributed by atoms with Crippen LogP contribution in [0.4, 0.5) is 0 Å². The molecule has 0 aliphatic carbocycles. The molecule has 0 spiro atoms. The molecule has 14 heavy (non-hydrogen) atoms. The molecule has 0 heterocycles. The lowest BCUT2D eigenvalue weighted by atomic mass is 10.3. The molecule has 0 fully saturated rings. The van der Waals surface area contributed by atoms with Gasteiger partial charge in [-0.1, -0.05) is 0 Å². The van der Waals surface area contributed by atoms with Crippen molar-refractivity contribution < 1.29 is 14.3 Å². The van der Waals surface area contributed by atoms with Crippen LogP contribution in [0.15, 0.2) is 22.1 Å². The van der Waals surface area contributed by atoms with Gasteiger partial charge in [-0.3, -0.25) is 9.79 Å². The van der Waals surface area contributed by atoms with E-state index < -0.39 is 0 Å². The van der Waals surface area contributed by atoms with Crippen molar-refractivity contribution in [3.8, 4) is 0 Å². The maximum atomic E-state index is 10.8. The molecule has 5 heteroatoms. The second-order valence-corrected chi connectivity index (χ2v) is 2.45. The number of esters is 1. The summed E-state index contributed by atoms with van der Waals surface area (Å²) in [7, 11) is 2.79. The van der Waals surface area contributed by atoms with Crippen molar-refractivity contribution in [1.29, 1.82) is 0 Å². The molecule has 0 amide bonds. The Bertz CT molecular complexity index is 269. The van der Waals surface area contributed by atoms with E-state index in [1.54, 1.807) is 6.92 Å². The molecular weight excluding hydrogens is 184 g/mol. The average Bonchev–Trinajstić information content (AvgIpc) is 2.19. The molecule has 0 saturated heterocycles. The summed E-state index contributed by atoms with van der Waals surface area (Å²) in [4.78, 5) is 18.3. The standard InChI is InChI=1S/C9H14N2O3/c1-7(5-9(12)14-4)11-6-8(10-2)13-3/h6H,2,5H2,1,3-4H3/b8-6+,11-7?. The molecule has 5 nitrogen and oxygen atoms in total. The second-order valence-electron chi connectivity index (χ2n) is 2.45. The van der Waals surface area contributed by atoms with Gasteiger partial charge < -0.3 is 9.47 Å². The zero-order valence-electron chi connectivity index (χ0n) is 8.61. The summed E-state index contributed by atoms with van der Waals surface area (Å²) in [5.41, 5.74) is 0.620. The number of hydrogen-bond acceptors (Lipinski definition) is 5. The number of methoxy groups -OCH3 is 2. The summed E-state index contributed by atoms with van der Waals surface area (Å²) < 4.78 is 9.26. The highest BCUT2D eigenvalue weighted by molar-refractivity contribution is 5.97. The molecule has 0 aliphatic rings. The Hall–Kier alpha value is -1.65. The first kappa shape index (κ1) is 12.3. The van der Waals surface area contributed by atoms with Crippen LogP contribution in [0.3, 0.4) is 0 Å². The summed E-state index contributed by atoms with van der Waals surface area (Å²) in [6.07, 6.45) is 1.55. The van der Waals surface area contributed by atoms with Crippen molar-refractivity contribution in [2.24, 2.45) is 9.98 Å². The summed E-state index contributed by atoms with van der Waals surface area (Å²) in [5.74, 6) is -0.0283. The molecule has 0 rings (SSSR count). The summed E-state index contributed by atoms with van der Waals surface area (Å²) >= 11 is 0. The topological polar surface area (TPSA) is 60.2 Å². The fourth-order valence-electron chi connectivity index (χ4n) is 0.650. The van der Waals surface area contributed by atoms with Gasteiger partial charge in [0.15, 0.2) is 0 Å². The van der Waals surface area contributed by atoms with Crippen LogP contribution in [0.1, 0.15) is 13.3 Å². The molecular formula is C9H14N2O3. The SMILES string of the molecule is C=N/C(=C\N=C(C)CC(=O)OC)OC. The Morgan fingerprint density at radius 1 is 1.43 bits per heavy atom. The first-order valence-electron chi connectivity index (χ1n) is 3.95. The number of nitrogens with zero attached hydrogens (tertiary/aromatic N) is 2. The quantitative estimate of drug-likeness (QED) is 0.378. The predicted molar refractivity (Wildman–Crippen MR) is 54.4 cm³/mol. The van der Waals surface area contributed by atoms with E-state index in [0.29, 0.717) is 11.6 Å². The van der Waals surface area contributed by atoms with Crippen molar-refractivity contribution in [2.75, 3.05) is 14.2 Å². The van der Waals surface area contributed by atoms with Crippen molar-refractivity contribution >= 4 is 18.4 Å². The second kappa shape index (κ2) is 6.82. The van der Waals surface area contributed by atoms with Crippen LogP contribution in [0.2, 0.25) is 0 Å². The summed E-state index contributed by atoms with van der Waals surface area (Å²) in [5, 5.41) is 0. The Balaban J connectivity index is 4.30. The van der Waals surface area contributed by atoms with E-state index in [2.05, 4.69) is 21.4 Å². The smallest absolute Gasteiger partial charge is 0.311 e. The van der Waals surface area contributed by atoms with Crippen LogP contribution >= 0.6 is 0 Å². The van der Waals surface area contributed by atoms with Gasteiger partial charge in [-0.15, -0.1) is 0 Å². The van der Waals surface area contributed by atoms with Crippen LogP contribution in [0.25, 0.3) is 0 Å². The lowest BCUT2D eigenvalue weighted by Gasteiger charge is -1.98. The van der Waals surface area contributed by atoms with Crippen LogP contribution in [0, 0.1) is 0 Å². The number of hydrogen-bond donors (Lipinski definition) is 0. The van der Waals surface area contributed by atoms with Gasteiger partial charge >= 0.3 is 5.97 Å². The minimum absolute atomic E-state index is 0.154. The van der Waals surface area contributed by atoms with Crippen LogP contribution in [0.5, 0.6) is 0 Å². The minimum Gasteiger partial charge on any atom is -0.480 e. The summed E-state index contributed by atoms with van der Waals surface area (Å²) in [6.45, 7) is 4.99. The lowest BCUT2D eigenvalue weighted by molar-refractivity contribution is -0.139. The van der Waals surface area contributed by atoms with Crippen LogP contribution in [-0.4, -0.2) is 32.6 Å². The first-order chi connectivity index (χ1) is 6.63. The van der Waals surface area contributed by atoms with Gasteiger partial charge in [0.2, 0.25) is 5.88 Å². The third kappa shape index (κ3) is 5.08. The Kier molecular flexibility index (Phi) is 6.02. The number of aliphatic imine (C=N–C) groups is 2. The maximum Gasteiger partial charge on any atom is 0.311 e. The van der Waals surface area contributed by atoms with E-state index in [9.17, 15) is 4.79 Å². The van der Waals surface area contributed by atoms with E-state index in [-0.39, 0.29) is 12.4 Å². The number of carbonyl (C=O) groups excluding carboxylic acids is 1. The van der Waals surface area contributed by atoms with Gasteiger partial charge in [-0.25, -0.2) is 4.99 Å². The highest BCUT2D eigenvalue weighted by atomic mass is 16.5. The van der Waals surface area contributed by atoms with Gasteiger partial charge in [-0.05, 0) is 13.6 Å². The van der Waals surface area contributed by atoms with Crippen LogP contribution < -0.4 is 0 Å². The summed E-state index contributed by atoms with van der Waals surface area (Å²) in [6, 6.07) is 0. The molecule has 0 unspecified atom stereocenters. The van der Waals surface area contributed by atoms with E-state index >= 15 is 0 Å². The van der Waals surface area contributed by atoms with Crippen molar-refractivity contribution in [1.82, 2.24) is 0 Å². The van der Waals surface area contributed by atoms with E-state index in [4.69, 9.17) is 4.74 Å². The molecule has 78 valence electrons. The molecule has 0 N–H and O–H groups in total. The average molecular weight is 198 g/mol. The number of rotatable bonds is 5. The highest BCUT2D eigenvalue weighted by Gasteiger charge is 2.01. The fourth-order valence-corrected chi connectivity index (χ4v) is 0.650. The Labute approximate surface area is 83.1 Å². The third-order valence-corrected chi connectivity index (χ3v) is 1.39. The zero-order valence-corrected chi connectivity index (χ0v) is 8.61. The molecule has 0 atom stereocenters. The van der Waals surface area contributed by atoms with E-state index in [1.165, 1.54) is 20.4 Å². The highest BCUT2D eigenvalue weighted by Crippen LogP contribution is 1.97. The monoisotopic (exact) mass is 198 g/mol. The molecule has 0 aromatic carbocycles. The lowest BCUT2D eigenvalue weighted by Crippen LogP contribution is -2.05. The number of ether oxygens (including phenoxy) is 2. The fraction of sp³-hybridized carbons (Fsp3) is 0.444. The van der Waals surface area contributed by atoms with Crippen LogP contribution in [-0.2, 0) is 14.3 Å². The largest absolute Gasteiger partial charge is 0.480 e. The van der Waals surface area contributed by atoms with Gasteiger partial charge in [0, 0.05) is 5.71 Å². The van der Waals surface area contributed by atoms with Crippen molar-refractivity contribution in [3.63, 3.8) is 0 Å². The first-order valence-corrected chi connectivity index (χ1v) is 3.95. The maximum absolute atomic E-state index is 10.8. The Morgan fingerprint density at radius 2 is 2.07 bits per heavy atom. The molecule has 0 aliphatic heterocycles. The molecule has 0 radical (unpaired) electrons. The van der Waals surface area contributed by atoms with E-state index in [0.717, 1.165) is 0 Å².